The predicted molar refractivity (Wildman–Crippen MR) is 114 cm³/mol. The van der Waals surface area contributed by atoms with Crippen LogP contribution in [0.25, 0.3) is 0 Å². The molecule has 0 radical (unpaired) electrons. The van der Waals surface area contributed by atoms with Gasteiger partial charge >= 0.3 is 12.4 Å². The van der Waals surface area contributed by atoms with E-state index in [1.807, 2.05) is 0 Å². The number of nitrogens with zero attached hydrogens (tertiary/aromatic N) is 4. The van der Waals surface area contributed by atoms with Crippen molar-refractivity contribution in [1.29, 1.82) is 0 Å². The first-order valence-corrected chi connectivity index (χ1v) is 11.2. The third-order valence-corrected chi connectivity index (χ3v) is 6.15. The maximum Gasteiger partial charge on any atom is 0.443 e. The van der Waals surface area contributed by atoms with Gasteiger partial charge in [-0.05, 0) is 6.92 Å². The zero-order valence-corrected chi connectivity index (χ0v) is 19.2. The van der Waals surface area contributed by atoms with Gasteiger partial charge in [0, 0.05) is 32.2 Å². The lowest BCUT2D eigenvalue weighted by Crippen LogP contribution is -2.48. The normalized spacial score (nSPS) is 15.9. The van der Waals surface area contributed by atoms with Crippen LogP contribution in [0.4, 0.5) is 37.0 Å². The second kappa shape index (κ2) is 10.8. The Morgan fingerprint density at radius 3 is 2.46 bits per heavy atom. The van der Waals surface area contributed by atoms with E-state index in [0.29, 0.717) is 42.5 Å². The van der Waals surface area contributed by atoms with Gasteiger partial charge in [-0.1, -0.05) is 11.3 Å². The Hall–Kier alpha value is -2.88. The molecule has 1 atom stereocenters. The van der Waals surface area contributed by atoms with Crippen LogP contribution >= 0.6 is 11.3 Å². The third kappa shape index (κ3) is 7.06. The molecule has 3 heterocycles. The molecule has 1 aliphatic heterocycles. The molecule has 0 aliphatic carbocycles. The van der Waals surface area contributed by atoms with Gasteiger partial charge in [0.15, 0.2) is 5.01 Å². The predicted octanol–water partition coefficient (Wildman–Crippen LogP) is 2.82. The Morgan fingerprint density at radius 2 is 1.86 bits per heavy atom. The lowest BCUT2D eigenvalue weighted by Gasteiger charge is -2.35. The maximum atomic E-state index is 13.1. The smallest absolute Gasteiger partial charge is 0.379 e. The number of carbonyl (C=O) groups excluding carboxylic acids is 1. The van der Waals surface area contributed by atoms with Crippen LogP contribution in [0, 0.1) is 0 Å². The first kappa shape index (κ1) is 26.7. The summed E-state index contributed by atoms with van der Waals surface area (Å²) in [5.74, 6) is -0.205. The van der Waals surface area contributed by atoms with Gasteiger partial charge < -0.3 is 19.9 Å². The van der Waals surface area contributed by atoms with Crippen molar-refractivity contribution in [3.8, 4) is 0 Å². The summed E-state index contributed by atoms with van der Waals surface area (Å²) in [6.07, 6.45) is -7.29. The van der Waals surface area contributed by atoms with Gasteiger partial charge in [0.1, 0.15) is 10.6 Å². The van der Waals surface area contributed by atoms with Crippen LogP contribution in [0.1, 0.15) is 23.9 Å². The van der Waals surface area contributed by atoms with E-state index in [1.54, 1.807) is 21.8 Å². The van der Waals surface area contributed by atoms with Gasteiger partial charge in [-0.25, -0.2) is 10.1 Å². The van der Waals surface area contributed by atoms with E-state index >= 15 is 0 Å². The van der Waals surface area contributed by atoms with Crippen LogP contribution in [-0.4, -0.2) is 71.4 Å². The number of piperazine rings is 1. The molecule has 1 fully saturated rings. The molecule has 35 heavy (non-hydrogen) atoms. The number of hydrogen-bond donors (Lipinski definition) is 2. The molecule has 2 aromatic rings. The number of aromatic amines is 1. The second-order valence-electron chi connectivity index (χ2n) is 7.73. The minimum atomic E-state index is -4.86. The average Bonchev–Trinajstić information content (AvgIpc) is 3.27. The molecular formula is C19H22F6N6O3S. The number of halogens is 6. The van der Waals surface area contributed by atoms with E-state index in [9.17, 15) is 35.9 Å². The highest BCUT2D eigenvalue weighted by atomic mass is 32.1. The largest absolute Gasteiger partial charge is 0.443 e. The maximum absolute atomic E-state index is 13.1. The number of anilines is 2. The third-order valence-electron chi connectivity index (χ3n) is 5.05. The minimum Gasteiger partial charge on any atom is -0.379 e. The van der Waals surface area contributed by atoms with Crippen molar-refractivity contribution in [3.05, 3.63) is 33.3 Å². The zero-order chi connectivity index (χ0) is 25.8. The van der Waals surface area contributed by atoms with E-state index in [1.165, 1.54) is 6.20 Å². The van der Waals surface area contributed by atoms with Crippen molar-refractivity contribution in [2.24, 2.45) is 0 Å². The van der Waals surface area contributed by atoms with Gasteiger partial charge in [-0.2, -0.15) is 31.4 Å². The Kier molecular flexibility index (Phi) is 8.25. The molecule has 1 aliphatic rings. The summed E-state index contributed by atoms with van der Waals surface area (Å²) < 4.78 is 82.8. The van der Waals surface area contributed by atoms with Crippen LogP contribution in [0.3, 0.4) is 0 Å². The Balaban J connectivity index is 1.40. The lowest BCUT2D eigenvalue weighted by atomic mass is 10.2. The summed E-state index contributed by atoms with van der Waals surface area (Å²) in [7, 11) is 0. The van der Waals surface area contributed by atoms with Crippen LogP contribution in [-0.2, 0) is 21.9 Å². The van der Waals surface area contributed by atoms with Crippen molar-refractivity contribution in [2.75, 3.05) is 49.6 Å². The average molecular weight is 528 g/mol. The van der Waals surface area contributed by atoms with Gasteiger partial charge in [-0.3, -0.25) is 9.59 Å². The summed E-state index contributed by atoms with van der Waals surface area (Å²) in [5, 5.41) is 7.12. The molecule has 1 saturated heterocycles. The standard InChI is InChI=1S/C19H22F6N6O3S/c1-11(28-12-8-27-29-16(33)15(12)18(20,21)22)10-34-7-2-13(32)30-3-5-31(6-4-30)14-9-26-17(35-14)19(23,24)25/h8-9,11H,2-7,10H2,1H3,(H2,28,29,33). The van der Waals surface area contributed by atoms with Gasteiger partial charge in [0.2, 0.25) is 5.91 Å². The number of amides is 1. The van der Waals surface area contributed by atoms with Crippen molar-refractivity contribution >= 4 is 27.9 Å². The fourth-order valence-electron chi connectivity index (χ4n) is 3.39. The van der Waals surface area contributed by atoms with E-state index in [0.717, 1.165) is 6.20 Å². The van der Waals surface area contributed by atoms with Crippen LogP contribution in [0.2, 0.25) is 0 Å². The highest BCUT2D eigenvalue weighted by molar-refractivity contribution is 7.15. The molecule has 0 saturated carbocycles. The SMILES string of the molecule is CC(COCCC(=O)N1CCN(c2cnc(C(F)(F)F)s2)CC1)Nc1cn[nH]c(=O)c1C(F)(F)F. The highest BCUT2D eigenvalue weighted by Gasteiger charge is 2.38. The van der Waals surface area contributed by atoms with Crippen molar-refractivity contribution in [1.82, 2.24) is 20.1 Å². The zero-order valence-electron chi connectivity index (χ0n) is 18.4. The van der Waals surface area contributed by atoms with E-state index in [4.69, 9.17) is 4.74 Å². The molecule has 194 valence electrons. The molecular weight excluding hydrogens is 506 g/mol. The number of ether oxygens (including phenoxy) is 1. The summed E-state index contributed by atoms with van der Waals surface area (Å²) >= 11 is 0.554. The number of nitrogens with one attached hydrogen (secondary N) is 2. The van der Waals surface area contributed by atoms with Crippen molar-refractivity contribution in [2.45, 2.75) is 31.7 Å². The molecule has 0 spiro atoms. The Labute approximate surface area is 199 Å². The Bertz CT molecular complexity index is 1060. The number of aromatic nitrogens is 3. The van der Waals surface area contributed by atoms with Gasteiger partial charge in [0.05, 0.1) is 37.7 Å². The van der Waals surface area contributed by atoms with E-state index in [2.05, 4.69) is 15.4 Å². The molecule has 9 nitrogen and oxygen atoms in total. The van der Waals surface area contributed by atoms with Crippen molar-refractivity contribution in [3.63, 3.8) is 0 Å². The minimum absolute atomic E-state index is 0.0224. The molecule has 0 aromatic carbocycles. The van der Waals surface area contributed by atoms with Crippen LogP contribution in [0.5, 0.6) is 0 Å². The molecule has 16 heteroatoms. The molecule has 2 aromatic heterocycles. The molecule has 1 amide bonds. The second-order valence-corrected chi connectivity index (χ2v) is 8.73. The first-order chi connectivity index (χ1) is 16.4. The summed E-state index contributed by atoms with van der Waals surface area (Å²) in [5.41, 5.74) is -3.23. The van der Waals surface area contributed by atoms with Gasteiger partial charge in [-0.15, -0.1) is 0 Å². The first-order valence-electron chi connectivity index (χ1n) is 10.4. The number of hydrogen-bond acceptors (Lipinski definition) is 8. The number of thiazole rings is 1. The van der Waals surface area contributed by atoms with Gasteiger partial charge in [0.25, 0.3) is 5.56 Å². The topological polar surface area (TPSA) is 103 Å². The molecule has 2 N–H and O–H groups in total. The summed E-state index contributed by atoms with van der Waals surface area (Å²) in [6, 6.07) is -0.612. The molecule has 3 rings (SSSR count). The molecule has 0 bridgehead atoms. The number of H-pyrrole nitrogens is 1. The summed E-state index contributed by atoms with van der Waals surface area (Å²) in [4.78, 5) is 30.6. The summed E-state index contributed by atoms with van der Waals surface area (Å²) in [6.45, 7) is 2.91. The fraction of sp³-hybridized carbons (Fsp3) is 0.579. The van der Waals surface area contributed by atoms with E-state index in [-0.39, 0.29) is 25.5 Å². The number of alkyl halides is 6. The van der Waals surface area contributed by atoms with Crippen molar-refractivity contribution < 1.29 is 35.9 Å². The van der Waals surface area contributed by atoms with Crippen LogP contribution < -0.4 is 15.8 Å². The Morgan fingerprint density at radius 1 is 1.17 bits per heavy atom. The fourth-order valence-corrected chi connectivity index (χ4v) is 4.23. The quantitative estimate of drug-likeness (QED) is 0.401. The number of rotatable bonds is 8. The highest BCUT2D eigenvalue weighted by Crippen LogP contribution is 2.36. The molecule has 1 unspecified atom stereocenters. The number of carbonyl (C=O) groups is 1. The van der Waals surface area contributed by atoms with Crippen LogP contribution in [0.15, 0.2) is 17.2 Å². The monoisotopic (exact) mass is 528 g/mol. The lowest BCUT2D eigenvalue weighted by molar-refractivity contribution is -0.138. The van der Waals surface area contributed by atoms with E-state index < -0.39 is 40.2 Å².